The Morgan fingerprint density at radius 3 is 2.26 bits per heavy atom. The Kier molecular flexibility index (Phi) is 8.96. The van der Waals surface area contributed by atoms with E-state index in [-0.39, 0.29) is 11.6 Å². The number of unbranched alkanes of at least 4 members (excludes halogenated alkanes) is 5. The van der Waals surface area contributed by atoms with Crippen molar-refractivity contribution in [3.8, 4) is 0 Å². The molecule has 0 bridgehead atoms. The molecular formula is C19H38N2O2. The van der Waals surface area contributed by atoms with Gasteiger partial charge in [-0.05, 0) is 46.6 Å². The molecule has 23 heavy (non-hydrogen) atoms. The van der Waals surface area contributed by atoms with Crippen molar-refractivity contribution in [3.05, 3.63) is 0 Å². The molecule has 1 amide bonds. The van der Waals surface area contributed by atoms with E-state index in [0.717, 1.165) is 19.4 Å². The van der Waals surface area contributed by atoms with E-state index in [4.69, 9.17) is 4.74 Å². The summed E-state index contributed by atoms with van der Waals surface area (Å²) in [6.45, 7) is 9.68. The summed E-state index contributed by atoms with van der Waals surface area (Å²) < 4.78 is 5.35. The molecule has 0 heterocycles. The molecule has 0 spiro atoms. The maximum atomic E-state index is 11.9. The lowest BCUT2D eigenvalue weighted by Gasteiger charge is -2.31. The van der Waals surface area contributed by atoms with Gasteiger partial charge in [-0.25, -0.2) is 4.79 Å². The van der Waals surface area contributed by atoms with Gasteiger partial charge in [0.25, 0.3) is 0 Å². The van der Waals surface area contributed by atoms with Crippen LogP contribution >= 0.6 is 0 Å². The Morgan fingerprint density at radius 1 is 1.04 bits per heavy atom. The van der Waals surface area contributed by atoms with Gasteiger partial charge in [-0.15, -0.1) is 0 Å². The van der Waals surface area contributed by atoms with Gasteiger partial charge in [0.05, 0.1) is 0 Å². The van der Waals surface area contributed by atoms with Crippen LogP contribution in [0.3, 0.4) is 0 Å². The number of carbonyl (C=O) groups excluding carboxylic acids is 1. The average molecular weight is 327 g/mol. The molecule has 0 unspecified atom stereocenters. The van der Waals surface area contributed by atoms with Gasteiger partial charge in [0.15, 0.2) is 0 Å². The van der Waals surface area contributed by atoms with E-state index < -0.39 is 5.60 Å². The van der Waals surface area contributed by atoms with Crippen LogP contribution in [-0.2, 0) is 4.74 Å². The maximum absolute atomic E-state index is 11.9. The minimum Gasteiger partial charge on any atom is -0.444 e. The molecule has 0 aromatic carbocycles. The monoisotopic (exact) mass is 326 g/mol. The highest BCUT2D eigenvalue weighted by atomic mass is 16.6. The number of alkyl carbamates (subject to hydrolysis) is 1. The van der Waals surface area contributed by atoms with Crippen LogP contribution < -0.4 is 10.6 Å². The molecule has 2 N–H and O–H groups in total. The maximum Gasteiger partial charge on any atom is 0.407 e. The zero-order chi connectivity index (χ0) is 17.2. The lowest BCUT2D eigenvalue weighted by molar-refractivity contribution is 0.0509. The van der Waals surface area contributed by atoms with Crippen LogP contribution in [-0.4, -0.2) is 30.3 Å². The molecule has 0 aromatic heterocycles. The van der Waals surface area contributed by atoms with Gasteiger partial charge in [0.2, 0.25) is 0 Å². The lowest BCUT2D eigenvalue weighted by Crippen LogP contribution is -2.52. The van der Waals surface area contributed by atoms with Gasteiger partial charge in [-0.1, -0.05) is 51.9 Å². The van der Waals surface area contributed by atoms with Crippen molar-refractivity contribution in [3.63, 3.8) is 0 Å². The number of hydrogen-bond acceptors (Lipinski definition) is 3. The van der Waals surface area contributed by atoms with Gasteiger partial charge in [-0.2, -0.15) is 0 Å². The number of hydrogen-bond donors (Lipinski definition) is 2. The Labute approximate surface area is 143 Å². The normalized spacial score (nSPS) is 17.2. The summed E-state index contributed by atoms with van der Waals surface area (Å²) in [5.41, 5.74) is -0.348. The van der Waals surface area contributed by atoms with Crippen molar-refractivity contribution >= 4 is 6.09 Å². The van der Waals surface area contributed by atoms with Crippen molar-refractivity contribution in [1.82, 2.24) is 10.6 Å². The highest BCUT2D eigenvalue weighted by molar-refractivity contribution is 5.67. The number of rotatable bonds is 10. The molecule has 4 nitrogen and oxygen atoms in total. The van der Waals surface area contributed by atoms with Crippen molar-refractivity contribution in [2.75, 3.05) is 13.1 Å². The number of amides is 1. The summed E-state index contributed by atoms with van der Waals surface area (Å²) in [6, 6.07) is 0. The van der Waals surface area contributed by atoms with Gasteiger partial charge in [-0.3, -0.25) is 0 Å². The predicted octanol–water partition coefficient (Wildman–Crippen LogP) is 4.77. The molecule has 136 valence electrons. The highest BCUT2D eigenvalue weighted by Crippen LogP contribution is 2.29. The molecule has 4 heteroatoms. The molecule has 1 aliphatic rings. The van der Waals surface area contributed by atoms with E-state index in [1.165, 1.54) is 51.4 Å². The molecule has 1 aliphatic carbocycles. The first-order chi connectivity index (χ1) is 10.9. The molecule has 0 saturated heterocycles. The fraction of sp³-hybridized carbons (Fsp3) is 0.947. The SMILES string of the molecule is CCCCCCCCNC1(CNC(=O)OC(C)(C)C)CCCC1. The zero-order valence-corrected chi connectivity index (χ0v) is 15.8. The number of ether oxygens (including phenoxy) is 1. The third-order valence-electron chi connectivity index (χ3n) is 4.56. The first-order valence-corrected chi connectivity index (χ1v) is 9.59. The van der Waals surface area contributed by atoms with E-state index in [9.17, 15) is 4.79 Å². The van der Waals surface area contributed by atoms with Crippen LogP contribution in [0.1, 0.15) is 91.9 Å². The first-order valence-electron chi connectivity index (χ1n) is 9.59. The minimum absolute atomic E-state index is 0.0837. The molecule has 0 atom stereocenters. The molecule has 1 rings (SSSR count). The van der Waals surface area contributed by atoms with Gasteiger partial charge in [0, 0.05) is 12.1 Å². The molecule has 1 saturated carbocycles. The van der Waals surface area contributed by atoms with Crippen LogP contribution in [0.5, 0.6) is 0 Å². The van der Waals surface area contributed by atoms with Crippen molar-refractivity contribution < 1.29 is 9.53 Å². The first kappa shape index (κ1) is 20.3. The topological polar surface area (TPSA) is 50.4 Å². The Hall–Kier alpha value is -0.770. The fourth-order valence-corrected chi connectivity index (χ4v) is 3.28. The van der Waals surface area contributed by atoms with Crippen LogP contribution in [0.15, 0.2) is 0 Å². The van der Waals surface area contributed by atoms with Crippen LogP contribution in [0.4, 0.5) is 4.79 Å². The standard InChI is InChI=1S/C19H38N2O2/c1-5-6-7-8-9-12-15-21-19(13-10-11-14-19)16-20-17(22)23-18(2,3)4/h21H,5-16H2,1-4H3,(H,20,22). The summed E-state index contributed by atoms with van der Waals surface area (Å²) in [5, 5.41) is 6.70. The Balaban J connectivity index is 2.25. The van der Waals surface area contributed by atoms with Crippen molar-refractivity contribution in [2.24, 2.45) is 0 Å². The summed E-state index contributed by atoms with van der Waals surface area (Å²) in [7, 11) is 0. The third kappa shape index (κ3) is 9.19. The second-order valence-electron chi connectivity index (χ2n) is 8.04. The van der Waals surface area contributed by atoms with Crippen molar-refractivity contribution in [2.45, 2.75) is 103 Å². The Morgan fingerprint density at radius 2 is 1.65 bits per heavy atom. The minimum atomic E-state index is -0.432. The molecule has 0 aromatic rings. The highest BCUT2D eigenvalue weighted by Gasteiger charge is 2.33. The van der Waals surface area contributed by atoms with E-state index in [2.05, 4.69) is 17.6 Å². The van der Waals surface area contributed by atoms with Gasteiger partial charge < -0.3 is 15.4 Å². The molecular weight excluding hydrogens is 288 g/mol. The summed E-state index contributed by atoms with van der Waals surface area (Å²) >= 11 is 0. The van der Waals surface area contributed by atoms with E-state index >= 15 is 0 Å². The van der Waals surface area contributed by atoms with Crippen LogP contribution in [0, 0.1) is 0 Å². The largest absolute Gasteiger partial charge is 0.444 e. The Bertz CT molecular complexity index is 331. The number of carbonyl (C=O) groups is 1. The van der Waals surface area contributed by atoms with E-state index in [1.54, 1.807) is 0 Å². The van der Waals surface area contributed by atoms with E-state index in [1.807, 2.05) is 20.8 Å². The van der Waals surface area contributed by atoms with Crippen LogP contribution in [0.2, 0.25) is 0 Å². The second-order valence-corrected chi connectivity index (χ2v) is 8.04. The van der Waals surface area contributed by atoms with E-state index in [0.29, 0.717) is 6.54 Å². The molecule has 0 aliphatic heterocycles. The summed E-state index contributed by atoms with van der Waals surface area (Å²) in [5.74, 6) is 0. The smallest absolute Gasteiger partial charge is 0.407 e. The second kappa shape index (κ2) is 10.2. The fourth-order valence-electron chi connectivity index (χ4n) is 3.28. The third-order valence-corrected chi connectivity index (χ3v) is 4.56. The molecule has 1 fully saturated rings. The van der Waals surface area contributed by atoms with Gasteiger partial charge >= 0.3 is 6.09 Å². The summed E-state index contributed by atoms with van der Waals surface area (Å²) in [6.07, 6.45) is 12.4. The quantitative estimate of drug-likeness (QED) is 0.568. The van der Waals surface area contributed by atoms with Crippen LogP contribution in [0.25, 0.3) is 0 Å². The lowest BCUT2D eigenvalue weighted by atomic mass is 9.97. The molecule has 0 radical (unpaired) electrons. The average Bonchev–Trinajstić information content (AvgIpc) is 2.92. The van der Waals surface area contributed by atoms with Crippen molar-refractivity contribution in [1.29, 1.82) is 0 Å². The number of nitrogens with one attached hydrogen (secondary N) is 2. The van der Waals surface area contributed by atoms with Gasteiger partial charge in [0.1, 0.15) is 5.60 Å². The zero-order valence-electron chi connectivity index (χ0n) is 15.8. The summed E-state index contributed by atoms with van der Waals surface area (Å²) in [4.78, 5) is 11.9. The predicted molar refractivity (Wildman–Crippen MR) is 96.8 cm³/mol.